The lowest BCUT2D eigenvalue weighted by atomic mass is 9.80. The Bertz CT molecular complexity index is 338. The van der Waals surface area contributed by atoms with Gasteiger partial charge in [-0.05, 0) is 24.4 Å². The monoisotopic (exact) mass is 264 g/mol. The van der Waals surface area contributed by atoms with Crippen LogP contribution in [-0.2, 0) is 11.3 Å². The highest BCUT2D eigenvalue weighted by atomic mass is 16.5. The van der Waals surface area contributed by atoms with Crippen LogP contribution in [0.15, 0.2) is 24.3 Å². The van der Waals surface area contributed by atoms with Gasteiger partial charge in [-0.15, -0.1) is 0 Å². The van der Waals surface area contributed by atoms with E-state index in [9.17, 15) is 0 Å². The normalized spacial score (nSPS) is 12.4. The molecule has 0 aliphatic rings. The van der Waals surface area contributed by atoms with Crippen molar-refractivity contribution in [2.45, 2.75) is 58.7 Å². The molecule has 0 bridgehead atoms. The van der Waals surface area contributed by atoms with Crippen molar-refractivity contribution in [1.29, 1.82) is 0 Å². The van der Waals surface area contributed by atoms with E-state index in [2.05, 4.69) is 13.8 Å². The van der Waals surface area contributed by atoms with Crippen LogP contribution in [0.2, 0.25) is 0 Å². The molecule has 0 spiro atoms. The summed E-state index contributed by atoms with van der Waals surface area (Å²) in [6.45, 7) is 4.90. The largest absolute Gasteiger partial charge is 0.488 e. The highest BCUT2D eigenvalue weighted by Gasteiger charge is 2.10. The lowest BCUT2D eigenvalue weighted by Crippen LogP contribution is -2.29. The fraction of sp³-hybridized carbons (Fsp3) is 0.600. The van der Waals surface area contributed by atoms with E-state index >= 15 is 0 Å². The van der Waals surface area contributed by atoms with Crippen LogP contribution in [0.4, 0.5) is 0 Å². The van der Waals surface area contributed by atoms with Gasteiger partial charge in [0, 0.05) is 0 Å². The molecule has 0 amide bonds. The molecule has 1 unspecified atom stereocenters. The summed E-state index contributed by atoms with van der Waals surface area (Å²) in [5.74, 6) is 0. The summed E-state index contributed by atoms with van der Waals surface area (Å²) in [7, 11) is -1.40. The number of hydrogen-bond donors (Lipinski definition) is 2. The first kappa shape index (κ1) is 16.2. The van der Waals surface area contributed by atoms with Gasteiger partial charge in [-0.2, -0.15) is 0 Å². The van der Waals surface area contributed by atoms with Crippen molar-refractivity contribution in [2.75, 3.05) is 0 Å². The topological polar surface area (TPSA) is 49.7 Å². The van der Waals surface area contributed by atoms with Crippen molar-refractivity contribution < 1.29 is 14.8 Å². The molecule has 1 aromatic carbocycles. The van der Waals surface area contributed by atoms with Crippen molar-refractivity contribution in [3.63, 3.8) is 0 Å². The maximum atomic E-state index is 9.00. The molecule has 4 heteroatoms. The maximum Gasteiger partial charge on any atom is 0.488 e. The minimum Gasteiger partial charge on any atom is -0.423 e. The molecular formula is C15H25BO3. The van der Waals surface area contributed by atoms with E-state index in [0.29, 0.717) is 12.1 Å². The Morgan fingerprint density at radius 3 is 2.37 bits per heavy atom. The third kappa shape index (κ3) is 6.76. The Labute approximate surface area is 116 Å². The van der Waals surface area contributed by atoms with E-state index in [1.807, 2.05) is 12.1 Å². The lowest BCUT2D eigenvalue weighted by molar-refractivity contribution is 0.0459. The average Bonchev–Trinajstić information content (AvgIpc) is 2.42. The van der Waals surface area contributed by atoms with E-state index in [4.69, 9.17) is 14.8 Å². The van der Waals surface area contributed by atoms with Crippen molar-refractivity contribution in [3.8, 4) is 0 Å². The molecule has 1 rings (SSSR count). The minimum atomic E-state index is -1.40. The predicted octanol–water partition coefficient (Wildman–Crippen LogP) is 2.24. The molecule has 1 atom stereocenters. The van der Waals surface area contributed by atoms with E-state index in [-0.39, 0.29) is 6.10 Å². The second-order valence-electron chi connectivity index (χ2n) is 5.09. The van der Waals surface area contributed by atoms with Gasteiger partial charge in [0.1, 0.15) is 0 Å². The van der Waals surface area contributed by atoms with Crippen LogP contribution in [0.5, 0.6) is 0 Å². The highest BCUT2D eigenvalue weighted by molar-refractivity contribution is 6.58. The zero-order valence-corrected chi connectivity index (χ0v) is 12.0. The van der Waals surface area contributed by atoms with Crippen LogP contribution < -0.4 is 5.46 Å². The SMILES string of the molecule is CCCCCCC(C)OCc1ccc(B(O)O)cc1. The molecule has 0 saturated carbocycles. The Balaban J connectivity index is 2.24. The smallest absolute Gasteiger partial charge is 0.423 e. The molecule has 0 heterocycles. The van der Waals surface area contributed by atoms with Gasteiger partial charge in [-0.1, -0.05) is 56.9 Å². The highest BCUT2D eigenvalue weighted by Crippen LogP contribution is 2.10. The number of hydrogen-bond acceptors (Lipinski definition) is 3. The van der Waals surface area contributed by atoms with E-state index in [0.717, 1.165) is 12.0 Å². The summed E-state index contributed by atoms with van der Waals surface area (Å²) in [4.78, 5) is 0. The summed E-state index contributed by atoms with van der Waals surface area (Å²) < 4.78 is 5.78. The number of benzene rings is 1. The van der Waals surface area contributed by atoms with Gasteiger partial charge in [0.05, 0.1) is 12.7 Å². The molecule has 0 saturated heterocycles. The van der Waals surface area contributed by atoms with Crippen LogP contribution in [0, 0.1) is 0 Å². The number of ether oxygens (including phenoxy) is 1. The Morgan fingerprint density at radius 2 is 1.79 bits per heavy atom. The van der Waals surface area contributed by atoms with E-state index in [1.54, 1.807) is 12.1 Å². The molecule has 0 aromatic heterocycles. The maximum absolute atomic E-state index is 9.00. The Hall–Kier alpha value is -0.835. The van der Waals surface area contributed by atoms with Crippen LogP contribution in [0.3, 0.4) is 0 Å². The van der Waals surface area contributed by atoms with E-state index in [1.165, 1.54) is 25.7 Å². The van der Waals surface area contributed by atoms with Gasteiger partial charge >= 0.3 is 7.12 Å². The quantitative estimate of drug-likeness (QED) is 0.531. The zero-order chi connectivity index (χ0) is 14.1. The minimum absolute atomic E-state index is 0.278. The zero-order valence-electron chi connectivity index (χ0n) is 12.0. The molecule has 1 aromatic rings. The summed E-state index contributed by atoms with van der Waals surface area (Å²) in [5, 5.41) is 18.0. The summed E-state index contributed by atoms with van der Waals surface area (Å²) in [6.07, 6.45) is 6.46. The average molecular weight is 264 g/mol. The third-order valence-electron chi connectivity index (χ3n) is 3.28. The number of rotatable bonds is 9. The second kappa shape index (κ2) is 9.13. The standard InChI is InChI=1S/C15H25BO3/c1-3-4-5-6-7-13(2)19-12-14-8-10-15(11-9-14)16(17)18/h8-11,13,17-18H,3-7,12H2,1-2H3. The number of unbranched alkanes of at least 4 members (excludes halogenated alkanes) is 3. The summed E-state index contributed by atoms with van der Waals surface area (Å²) in [6, 6.07) is 7.18. The van der Waals surface area contributed by atoms with Crippen LogP contribution in [-0.4, -0.2) is 23.3 Å². The van der Waals surface area contributed by atoms with Crippen LogP contribution in [0.1, 0.15) is 51.5 Å². The molecule has 0 radical (unpaired) electrons. The summed E-state index contributed by atoms with van der Waals surface area (Å²) >= 11 is 0. The predicted molar refractivity (Wildman–Crippen MR) is 79.3 cm³/mol. The van der Waals surface area contributed by atoms with Gasteiger partial charge in [-0.25, -0.2) is 0 Å². The van der Waals surface area contributed by atoms with Crippen molar-refractivity contribution in [1.82, 2.24) is 0 Å². The first-order valence-corrected chi connectivity index (χ1v) is 7.20. The van der Waals surface area contributed by atoms with Crippen molar-refractivity contribution in [3.05, 3.63) is 29.8 Å². The first-order chi connectivity index (χ1) is 9.13. The van der Waals surface area contributed by atoms with Gasteiger partial charge in [0.2, 0.25) is 0 Å². The first-order valence-electron chi connectivity index (χ1n) is 7.20. The molecular weight excluding hydrogens is 239 g/mol. The molecule has 0 aliphatic heterocycles. The fourth-order valence-electron chi connectivity index (χ4n) is 1.97. The fourth-order valence-corrected chi connectivity index (χ4v) is 1.97. The van der Waals surface area contributed by atoms with Gasteiger partial charge in [0.25, 0.3) is 0 Å². The van der Waals surface area contributed by atoms with Crippen LogP contribution in [0.25, 0.3) is 0 Å². The molecule has 2 N–H and O–H groups in total. The third-order valence-corrected chi connectivity index (χ3v) is 3.28. The Morgan fingerprint density at radius 1 is 1.11 bits per heavy atom. The lowest BCUT2D eigenvalue weighted by Gasteiger charge is -2.13. The second-order valence-corrected chi connectivity index (χ2v) is 5.09. The molecule has 0 aliphatic carbocycles. The van der Waals surface area contributed by atoms with Crippen molar-refractivity contribution >= 4 is 12.6 Å². The van der Waals surface area contributed by atoms with Gasteiger partial charge < -0.3 is 14.8 Å². The van der Waals surface area contributed by atoms with E-state index < -0.39 is 7.12 Å². The molecule has 106 valence electrons. The molecule has 0 fully saturated rings. The molecule has 19 heavy (non-hydrogen) atoms. The van der Waals surface area contributed by atoms with Crippen LogP contribution >= 0.6 is 0 Å². The summed E-state index contributed by atoms with van der Waals surface area (Å²) in [5.41, 5.74) is 1.57. The van der Waals surface area contributed by atoms with Crippen molar-refractivity contribution in [2.24, 2.45) is 0 Å². The van der Waals surface area contributed by atoms with Gasteiger partial charge in [0.15, 0.2) is 0 Å². The molecule has 3 nitrogen and oxygen atoms in total. The van der Waals surface area contributed by atoms with Gasteiger partial charge in [-0.3, -0.25) is 0 Å². The Kier molecular flexibility index (Phi) is 7.79.